The Morgan fingerprint density at radius 3 is 1.89 bits per heavy atom. The SMILES string of the molecule is CC(C)CC(CN)(CC(C)C)N(C)CC1CCC1. The van der Waals surface area contributed by atoms with Crippen molar-refractivity contribution in [2.45, 2.75) is 65.3 Å². The number of nitrogens with zero attached hydrogens (tertiary/aromatic N) is 1. The molecule has 0 aromatic carbocycles. The summed E-state index contributed by atoms with van der Waals surface area (Å²) < 4.78 is 0. The third-order valence-electron chi connectivity index (χ3n) is 4.52. The molecular formula is C16H34N2. The lowest BCUT2D eigenvalue weighted by molar-refractivity contribution is 0.0500. The molecule has 2 heteroatoms. The summed E-state index contributed by atoms with van der Waals surface area (Å²) in [7, 11) is 2.30. The zero-order valence-corrected chi connectivity index (χ0v) is 13.2. The molecule has 18 heavy (non-hydrogen) atoms. The summed E-state index contributed by atoms with van der Waals surface area (Å²) in [5.74, 6) is 2.37. The first-order valence-corrected chi connectivity index (χ1v) is 7.81. The number of hydrogen-bond acceptors (Lipinski definition) is 2. The summed E-state index contributed by atoms with van der Waals surface area (Å²) in [6, 6.07) is 0. The van der Waals surface area contributed by atoms with Gasteiger partial charge in [0, 0.05) is 18.6 Å². The third-order valence-corrected chi connectivity index (χ3v) is 4.52. The van der Waals surface area contributed by atoms with E-state index in [9.17, 15) is 0 Å². The van der Waals surface area contributed by atoms with Gasteiger partial charge >= 0.3 is 0 Å². The molecule has 1 rings (SSSR count). The Hall–Kier alpha value is -0.0800. The van der Waals surface area contributed by atoms with E-state index in [0.717, 1.165) is 24.3 Å². The van der Waals surface area contributed by atoms with Crippen molar-refractivity contribution in [2.75, 3.05) is 20.1 Å². The summed E-state index contributed by atoms with van der Waals surface area (Å²) in [6.07, 6.45) is 6.74. The van der Waals surface area contributed by atoms with Gasteiger partial charge in [0.15, 0.2) is 0 Å². The predicted molar refractivity (Wildman–Crippen MR) is 80.7 cm³/mol. The van der Waals surface area contributed by atoms with Crippen molar-refractivity contribution in [1.29, 1.82) is 0 Å². The van der Waals surface area contributed by atoms with E-state index in [1.165, 1.54) is 38.6 Å². The van der Waals surface area contributed by atoms with Crippen LogP contribution in [0.4, 0.5) is 0 Å². The van der Waals surface area contributed by atoms with Crippen molar-refractivity contribution in [3.8, 4) is 0 Å². The van der Waals surface area contributed by atoms with Crippen LogP contribution in [0.5, 0.6) is 0 Å². The molecule has 0 aromatic rings. The van der Waals surface area contributed by atoms with Crippen LogP contribution in [0.15, 0.2) is 0 Å². The highest BCUT2D eigenvalue weighted by Crippen LogP contribution is 2.33. The van der Waals surface area contributed by atoms with Crippen LogP contribution in [0.25, 0.3) is 0 Å². The normalized spacial score (nSPS) is 17.8. The quantitative estimate of drug-likeness (QED) is 0.718. The fourth-order valence-electron chi connectivity index (χ4n) is 3.49. The number of rotatable bonds is 8. The molecular weight excluding hydrogens is 220 g/mol. The van der Waals surface area contributed by atoms with E-state index in [1.54, 1.807) is 0 Å². The molecule has 1 aliphatic carbocycles. The van der Waals surface area contributed by atoms with E-state index >= 15 is 0 Å². The van der Waals surface area contributed by atoms with E-state index in [-0.39, 0.29) is 5.54 Å². The lowest BCUT2D eigenvalue weighted by Gasteiger charge is -2.46. The van der Waals surface area contributed by atoms with E-state index < -0.39 is 0 Å². The molecule has 0 bridgehead atoms. The molecule has 108 valence electrons. The van der Waals surface area contributed by atoms with Gasteiger partial charge in [-0.3, -0.25) is 4.90 Å². The minimum atomic E-state index is 0.220. The van der Waals surface area contributed by atoms with Crippen LogP contribution in [-0.2, 0) is 0 Å². The zero-order chi connectivity index (χ0) is 13.8. The van der Waals surface area contributed by atoms with Crippen molar-refractivity contribution in [1.82, 2.24) is 4.90 Å². The van der Waals surface area contributed by atoms with Crippen molar-refractivity contribution in [2.24, 2.45) is 23.5 Å². The molecule has 0 unspecified atom stereocenters. The molecule has 0 saturated heterocycles. The number of hydrogen-bond donors (Lipinski definition) is 1. The number of nitrogens with two attached hydrogens (primary N) is 1. The summed E-state index contributed by atoms with van der Waals surface area (Å²) in [6.45, 7) is 11.3. The van der Waals surface area contributed by atoms with E-state index in [1.807, 2.05) is 0 Å². The van der Waals surface area contributed by atoms with Crippen molar-refractivity contribution >= 4 is 0 Å². The second-order valence-corrected chi connectivity index (χ2v) is 7.30. The van der Waals surface area contributed by atoms with Gasteiger partial charge < -0.3 is 5.73 Å². The molecule has 1 aliphatic rings. The first-order valence-electron chi connectivity index (χ1n) is 7.81. The Kier molecular flexibility index (Phi) is 6.13. The lowest BCUT2D eigenvalue weighted by atomic mass is 9.78. The smallest absolute Gasteiger partial charge is 0.0333 e. The first-order chi connectivity index (χ1) is 8.39. The van der Waals surface area contributed by atoms with Crippen LogP contribution in [0.3, 0.4) is 0 Å². The van der Waals surface area contributed by atoms with Crippen molar-refractivity contribution < 1.29 is 0 Å². The molecule has 0 heterocycles. The second kappa shape index (κ2) is 6.91. The van der Waals surface area contributed by atoms with Crippen LogP contribution in [0.1, 0.15) is 59.8 Å². The van der Waals surface area contributed by atoms with Gasteiger partial charge in [0.25, 0.3) is 0 Å². The van der Waals surface area contributed by atoms with Gasteiger partial charge in [-0.1, -0.05) is 34.1 Å². The Morgan fingerprint density at radius 1 is 1.11 bits per heavy atom. The molecule has 0 radical (unpaired) electrons. The van der Waals surface area contributed by atoms with Crippen LogP contribution in [0, 0.1) is 17.8 Å². The zero-order valence-electron chi connectivity index (χ0n) is 13.2. The van der Waals surface area contributed by atoms with Gasteiger partial charge in [-0.05, 0) is 50.5 Å². The van der Waals surface area contributed by atoms with Gasteiger partial charge in [0.2, 0.25) is 0 Å². The third kappa shape index (κ3) is 4.24. The van der Waals surface area contributed by atoms with Gasteiger partial charge in [-0.15, -0.1) is 0 Å². The Balaban J connectivity index is 2.70. The molecule has 1 saturated carbocycles. The molecule has 0 atom stereocenters. The minimum absolute atomic E-state index is 0.220. The standard InChI is InChI=1S/C16H34N2/c1-13(2)9-16(12-17,10-14(3)4)18(5)11-15-7-6-8-15/h13-15H,6-12,17H2,1-5H3. The monoisotopic (exact) mass is 254 g/mol. The average Bonchev–Trinajstić information content (AvgIpc) is 2.20. The van der Waals surface area contributed by atoms with Crippen LogP contribution in [0.2, 0.25) is 0 Å². The van der Waals surface area contributed by atoms with Crippen molar-refractivity contribution in [3.05, 3.63) is 0 Å². The Bertz CT molecular complexity index is 221. The van der Waals surface area contributed by atoms with E-state index in [2.05, 4.69) is 39.6 Å². The maximum absolute atomic E-state index is 6.20. The topological polar surface area (TPSA) is 29.3 Å². The van der Waals surface area contributed by atoms with Gasteiger partial charge in [-0.2, -0.15) is 0 Å². The summed E-state index contributed by atoms with van der Waals surface area (Å²) in [4.78, 5) is 2.59. The molecule has 2 nitrogen and oxygen atoms in total. The van der Waals surface area contributed by atoms with E-state index in [0.29, 0.717) is 0 Å². The van der Waals surface area contributed by atoms with Crippen molar-refractivity contribution in [3.63, 3.8) is 0 Å². The highest BCUT2D eigenvalue weighted by molar-refractivity contribution is 4.93. The van der Waals surface area contributed by atoms with Crippen LogP contribution >= 0.6 is 0 Å². The molecule has 0 amide bonds. The van der Waals surface area contributed by atoms with Gasteiger partial charge in [0.1, 0.15) is 0 Å². The minimum Gasteiger partial charge on any atom is -0.329 e. The molecule has 1 fully saturated rings. The fraction of sp³-hybridized carbons (Fsp3) is 1.00. The largest absolute Gasteiger partial charge is 0.329 e. The molecule has 0 aromatic heterocycles. The Morgan fingerprint density at radius 2 is 1.61 bits per heavy atom. The average molecular weight is 254 g/mol. The van der Waals surface area contributed by atoms with Gasteiger partial charge in [0.05, 0.1) is 0 Å². The summed E-state index contributed by atoms with van der Waals surface area (Å²) in [5, 5.41) is 0. The molecule has 0 aliphatic heterocycles. The number of likely N-dealkylation sites (N-methyl/N-ethyl adjacent to an activating group) is 1. The fourth-order valence-corrected chi connectivity index (χ4v) is 3.49. The summed E-state index contributed by atoms with van der Waals surface area (Å²) in [5.41, 5.74) is 6.42. The first kappa shape index (κ1) is 16.0. The van der Waals surface area contributed by atoms with Crippen LogP contribution < -0.4 is 5.73 Å². The highest BCUT2D eigenvalue weighted by Gasteiger charge is 2.36. The Labute approximate surface area is 114 Å². The van der Waals surface area contributed by atoms with E-state index in [4.69, 9.17) is 5.73 Å². The summed E-state index contributed by atoms with van der Waals surface area (Å²) >= 11 is 0. The second-order valence-electron chi connectivity index (χ2n) is 7.30. The maximum Gasteiger partial charge on any atom is 0.0333 e. The highest BCUT2D eigenvalue weighted by atomic mass is 15.2. The maximum atomic E-state index is 6.20. The molecule has 2 N–H and O–H groups in total. The molecule has 0 spiro atoms. The predicted octanol–water partition coefficient (Wildman–Crippen LogP) is 3.51. The van der Waals surface area contributed by atoms with Crippen LogP contribution in [-0.4, -0.2) is 30.6 Å². The van der Waals surface area contributed by atoms with Gasteiger partial charge in [-0.25, -0.2) is 0 Å². The lowest BCUT2D eigenvalue weighted by Crippen LogP contribution is -2.55.